The topological polar surface area (TPSA) is 83.0 Å². The Morgan fingerprint density at radius 3 is 2.62 bits per heavy atom. The van der Waals surface area contributed by atoms with Gasteiger partial charge in [0.1, 0.15) is 11.6 Å². The van der Waals surface area contributed by atoms with E-state index in [0.29, 0.717) is 31.3 Å². The molecule has 0 aliphatic carbocycles. The largest absolute Gasteiger partial charge is 0.396 e. The molecule has 0 saturated carbocycles. The highest BCUT2D eigenvalue weighted by Crippen LogP contribution is 2.21. The fourth-order valence-corrected chi connectivity index (χ4v) is 2.41. The Morgan fingerprint density at radius 1 is 1.00 bits per heavy atom. The number of rotatable bonds is 8. The van der Waals surface area contributed by atoms with Gasteiger partial charge in [0.2, 0.25) is 5.95 Å². The van der Waals surface area contributed by atoms with E-state index in [2.05, 4.69) is 25.6 Å². The summed E-state index contributed by atoms with van der Waals surface area (Å²) in [4.78, 5) is 13.0. The van der Waals surface area contributed by atoms with Crippen LogP contribution in [0.15, 0.2) is 54.9 Å². The molecule has 0 fully saturated rings. The van der Waals surface area contributed by atoms with Gasteiger partial charge >= 0.3 is 0 Å². The van der Waals surface area contributed by atoms with Gasteiger partial charge in [0.05, 0.1) is 5.69 Å². The van der Waals surface area contributed by atoms with Crippen LogP contribution in [0.5, 0.6) is 0 Å². The third kappa shape index (κ3) is 4.97. The SMILES string of the molecule is OCCCNc1nc(NCc2cccc(F)c2)cc(-c2ccncc2)n1. The maximum absolute atomic E-state index is 13.3. The number of halogens is 1. The molecule has 2 heterocycles. The van der Waals surface area contributed by atoms with Gasteiger partial charge in [-0.3, -0.25) is 4.98 Å². The number of benzene rings is 1. The molecule has 0 saturated heterocycles. The third-order valence-corrected chi connectivity index (χ3v) is 3.68. The molecule has 0 unspecified atom stereocenters. The van der Waals surface area contributed by atoms with Gasteiger partial charge in [-0.15, -0.1) is 0 Å². The molecule has 3 aromatic rings. The summed E-state index contributed by atoms with van der Waals surface area (Å²) in [6.07, 6.45) is 4.02. The fraction of sp³-hybridized carbons (Fsp3) is 0.211. The van der Waals surface area contributed by atoms with Crippen molar-refractivity contribution in [2.24, 2.45) is 0 Å². The van der Waals surface area contributed by atoms with Crippen LogP contribution in [0.25, 0.3) is 11.3 Å². The lowest BCUT2D eigenvalue weighted by molar-refractivity contribution is 0.292. The van der Waals surface area contributed by atoms with E-state index in [-0.39, 0.29) is 12.4 Å². The number of anilines is 2. The van der Waals surface area contributed by atoms with Crippen LogP contribution in [-0.4, -0.2) is 33.2 Å². The molecule has 0 aliphatic rings. The smallest absolute Gasteiger partial charge is 0.225 e. The van der Waals surface area contributed by atoms with E-state index in [0.717, 1.165) is 16.8 Å². The molecule has 0 aliphatic heterocycles. The maximum atomic E-state index is 13.3. The van der Waals surface area contributed by atoms with Crippen LogP contribution < -0.4 is 10.6 Å². The summed E-state index contributed by atoms with van der Waals surface area (Å²) in [5, 5.41) is 15.2. The van der Waals surface area contributed by atoms with Gasteiger partial charge in [0.25, 0.3) is 0 Å². The van der Waals surface area contributed by atoms with Crippen molar-refractivity contribution < 1.29 is 9.50 Å². The Bertz CT molecular complexity index is 844. The van der Waals surface area contributed by atoms with Gasteiger partial charge in [-0.1, -0.05) is 12.1 Å². The molecule has 0 atom stereocenters. The second-order valence-corrected chi connectivity index (χ2v) is 5.69. The van der Waals surface area contributed by atoms with Crippen molar-refractivity contribution in [3.05, 3.63) is 66.2 Å². The molecular weight excluding hydrogens is 333 g/mol. The number of aromatic nitrogens is 3. The van der Waals surface area contributed by atoms with E-state index < -0.39 is 0 Å². The molecule has 2 aromatic heterocycles. The highest BCUT2D eigenvalue weighted by atomic mass is 19.1. The number of nitrogens with zero attached hydrogens (tertiary/aromatic N) is 3. The Hall–Kier alpha value is -3.06. The molecular formula is C19H20FN5O. The quantitative estimate of drug-likeness (QED) is 0.540. The summed E-state index contributed by atoms with van der Waals surface area (Å²) in [5.41, 5.74) is 2.49. The molecule has 0 spiro atoms. The molecule has 3 N–H and O–H groups in total. The molecule has 0 bridgehead atoms. The maximum Gasteiger partial charge on any atom is 0.225 e. The Balaban J connectivity index is 1.81. The molecule has 0 amide bonds. The highest BCUT2D eigenvalue weighted by Gasteiger charge is 2.07. The summed E-state index contributed by atoms with van der Waals surface area (Å²) in [7, 11) is 0. The normalized spacial score (nSPS) is 10.5. The molecule has 134 valence electrons. The Morgan fingerprint density at radius 2 is 1.85 bits per heavy atom. The average molecular weight is 353 g/mol. The summed E-state index contributed by atoms with van der Waals surface area (Å²) in [6.45, 7) is 1.11. The van der Waals surface area contributed by atoms with Crippen LogP contribution in [0.3, 0.4) is 0 Å². The summed E-state index contributed by atoms with van der Waals surface area (Å²) >= 11 is 0. The van der Waals surface area contributed by atoms with Gasteiger partial charge in [-0.25, -0.2) is 9.37 Å². The van der Waals surface area contributed by atoms with Gasteiger partial charge in [-0.2, -0.15) is 4.98 Å². The van der Waals surface area contributed by atoms with Crippen molar-refractivity contribution >= 4 is 11.8 Å². The van der Waals surface area contributed by atoms with Crippen LogP contribution in [0, 0.1) is 5.82 Å². The number of aliphatic hydroxyl groups excluding tert-OH is 1. The molecule has 26 heavy (non-hydrogen) atoms. The minimum absolute atomic E-state index is 0.0989. The predicted octanol–water partition coefficient (Wildman–Crippen LogP) is 3.08. The van der Waals surface area contributed by atoms with Crippen LogP contribution in [-0.2, 0) is 6.54 Å². The average Bonchev–Trinajstić information content (AvgIpc) is 2.67. The molecule has 3 rings (SSSR count). The third-order valence-electron chi connectivity index (χ3n) is 3.68. The Kier molecular flexibility index (Phi) is 6.05. The van der Waals surface area contributed by atoms with Crippen molar-refractivity contribution in [1.29, 1.82) is 0 Å². The minimum atomic E-state index is -0.268. The molecule has 0 radical (unpaired) electrons. The second kappa shape index (κ2) is 8.87. The first-order valence-corrected chi connectivity index (χ1v) is 8.37. The van der Waals surface area contributed by atoms with Crippen LogP contribution in [0.1, 0.15) is 12.0 Å². The van der Waals surface area contributed by atoms with Gasteiger partial charge in [0, 0.05) is 43.7 Å². The molecule has 6 nitrogen and oxygen atoms in total. The van der Waals surface area contributed by atoms with Gasteiger partial charge < -0.3 is 15.7 Å². The first-order valence-electron chi connectivity index (χ1n) is 8.37. The van der Waals surface area contributed by atoms with Crippen LogP contribution >= 0.6 is 0 Å². The van der Waals surface area contributed by atoms with Crippen molar-refractivity contribution in [2.75, 3.05) is 23.8 Å². The standard InChI is InChI=1S/C19H20FN5O/c20-16-4-1-3-14(11-16)13-23-18-12-17(15-5-8-21-9-6-15)24-19(25-18)22-7-2-10-26/h1,3-6,8-9,11-12,26H,2,7,10,13H2,(H2,22,23,24,25). The van der Waals surface area contributed by atoms with E-state index in [1.54, 1.807) is 18.5 Å². The summed E-state index contributed by atoms with van der Waals surface area (Å²) in [6, 6.07) is 12.0. The van der Waals surface area contributed by atoms with Gasteiger partial charge in [0.15, 0.2) is 0 Å². The summed E-state index contributed by atoms with van der Waals surface area (Å²) < 4.78 is 13.3. The van der Waals surface area contributed by atoms with Crippen molar-refractivity contribution in [1.82, 2.24) is 15.0 Å². The minimum Gasteiger partial charge on any atom is -0.396 e. The number of hydrogen-bond acceptors (Lipinski definition) is 6. The van der Waals surface area contributed by atoms with E-state index >= 15 is 0 Å². The van der Waals surface area contributed by atoms with Crippen LogP contribution in [0.4, 0.5) is 16.2 Å². The number of aliphatic hydroxyl groups is 1. The van der Waals surface area contributed by atoms with Crippen molar-refractivity contribution in [2.45, 2.75) is 13.0 Å². The van der Waals surface area contributed by atoms with E-state index in [1.807, 2.05) is 24.3 Å². The summed E-state index contributed by atoms with van der Waals surface area (Å²) in [5.74, 6) is 0.827. The lowest BCUT2D eigenvalue weighted by atomic mass is 10.2. The first-order chi connectivity index (χ1) is 12.7. The fourth-order valence-electron chi connectivity index (χ4n) is 2.41. The lowest BCUT2D eigenvalue weighted by Gasteiger charge is -2.11. The van der Waals surface area contributed by atoms with Gasteiger partial charge in [-0.05, 0) is 36.2 Å². The van der Waals surface area contributed by atoms with Crippen molar-refractivity contribution in [3.63, 3.8) is 0 Å². The number of pyridine rings is 1. The predicted molar refractivity (Wildman–Crippen MR) is 99.2 cm³/mol. The zero-order valence-corrected chi connectivity index (χ0v) is 14.2. The lowest BCUT2D eigenvalue weighted by Crippen LogP contribution is -2.10. The molecule has 7 heteroatoms. The van der Waals surface area contributed by atoms with Crippen molar-refractivity contribution in [3.8, 4) is 11.3 Å². The van der Waals surface area contributed by atoms with E-state index in [9.17, 15) is 4.39 Å². The zero-order valence-electron chi connectivity index (χ0n) is 14.2. The second-order valence-electron chi connectivity index (χ2n) is 5.69. The Labute approximate surface area is 151 Å². The van der Waals surface area contributed by atoms with Crippen LogP contribution in [0.2, 0.25) is 0 Å². The monoisotopic (exact) mass is 353 g/mol. The number of hydrogen-bond donors (Lipinski definition) is 3. The van der Waals surface area contributed by atoms with E-state index in [4.69, 9.17) is 5.11 Å². The molecule has 1 aromatic carbocycles. The zero-order chi connectivity index (χ0) is 18.2. The van der Waals surface area contributed by atoms with E-state index in [1.165, 1.54) is 12.1 Å². The highest BCUT2D eigenvalue weighted by molar-refractivity contribution is 5.63. The first kappa shape index (κ1) is 17.8. The number of nitrogens with one attached hydrogen (secondary N) is 2.